The van der Waals surface area contributed by atoms with Crippen molar-refractivity contribution >= 4 is 17.7 Å². The first kappa shape index (κ1) is 19.9. The quantitative estimate of drug-likeness (QED) is 0.612. The van der Waals surface area contributed by atoms with Crippen LogP contribution in [0.5, 0.6) is 5.75 Å². The van der Waals surface area contributed by atoms with Crippen molar-refractivity contribution in [1.82, 2.24) is 20.1 Å². The molecule has 6 nitrogen and oxygen atoms in total. The number of amides is 1. The van der Waals surface area contributed by atoms with Gasteiger partial charge in [-0.3, -0.25) is 9.36 Å². The van der Waals surface area contributed by atoms with Crippen LogP contribution < -0.4 is 10.1 Å². The average molecular weight is 400 g/mol. The zero-order chi connectivity index (χ0) is 20.1. The summed E-state index contributed by atoms with van der Waals surface area (Å²) in [6.07, 6.45) is 1.59. The summed E-state index contributed by atoms with van der Waals surface area (Å²) in [4.78, 5) is 12.6. The summed E-state index contributed by atoms with van der Waals surface area (Å²) in [6, 6.07) is 13.4. The molecule has 3 aromatic rings. The van der Waals surface area contributed by atoms with Crippen LogP contribution >= 0.6 is 11.8 Å². The number of nitrogens with zero attached hydrogens (tertiary/aromatic N) is 3. The van der Waals surface area contributed by atoms with E-state index in [0.29, 0.717) is 10.9 Å². The molecule has 1 amide bonds. The van der Waals surface area contributed by atoms with Crippen LogP contribution in [0, 0.1) is 5.82 Å². The molecule has 1 heterocycles. The maximum atomic E-state index is 13.1. The van der Waals surface area contributed by atoms with E-state index in [1.54, 1.807) is 37.1 Å². The van der Waals surface area contributed by atoms with E-state index in [1.807, 2.05) is 31.2 Å². The number of thioether (sulfide) groups is 1. The monoisotopic (exact) mass is 400 g/mol. The molecule has 2 atom stereocenters. The first-order chi connectivity index (χ1) is 13.5. The summed E-state index contributed by atoms with van der Waals surface area (Å²) < 4.78 is 20.3. The smallest absolute Gasteiger partial charge is 0.233 e. The number of aromatic nitrogens is 3. The molecule has 3 rings (SSSR count). The van der Waals surface area contributed by atoms with Crippen molar-refractivity contribution in [3.05, 3.63) is 66.2 Å². The van der Waals surface area contributed by atoms with Crippen LogP contribution in [0.4, 0.5) is 4.39 Å². The Morgan fingerprint density at radius 3 is 2.61 bits per heavy atom. The molecule has 0 saturated heterocycles. The molecule has 0 aliphatic heterocycles. The lowest BCUT2D eigenvalue weighted by Crippen LogP contribution is -2.33. The van der Waals surface area contributed by atoms with Crippen molar-refractivity contribution in [1.29, 1.82) is 0 Å². The minimum absolute atomic E-state index is 0.142. The Kier molecular flexibility index (Phi) is 6.30. The van der Waals surface area contributed by atoms with Crippen molar-refractivity contribution in [3.63, 3.8) is 0 Å². The van der Waals surface area contributed by atoms with Crippen molar-refractivity contribution in [2.45, 2.75) is 30.3 Å². The number of benzene rings is 2. The van der Waals surface area contributed by atoms with Crippen molar-refractivity contribution in [3.8, 4) is 11.4 Å². The largest absolute Gasteiger partial charge is 0.495 e. The molecule has 0 spiro atoms. The van der Waals surface area contributed by atoms with Gasteiger partial charge < -0.3 is 10.1 Å². The van der Waals surface area contributed by atoms with E-state index in [-0.39, 0.29) is 17.8 Å². The minimum Gasteiger partial charge on any atom is -0.495 e. The van der Waals surface area contributed by atoms with Gasteiger partial charge in [-0.25, -0.2) is 4.39 Å². The third kappa shape index (κ3) is 4.51. The van der Waals surface area contributed by atoms with Crippen LogP contribution in [-0.2, 0) is 4.79 Å². The zero-order valence-corrected chi connectivity index (χ0v) is 16.6. The first-order valence-corrected chi connectivity index (χ1v) is 9.63. The third-order valence-corrected chi connectivity index (χ3v) is 5.30. The SMILES string of the molecule is COc1ccccc1-n1cnnc1S[C@H](C)C(=O)N[C@@H](C)c1ccc(F)cc1. The van der Waals surface area contributed by atoms with Gasteiger partial charge in [-0.2, -0.15) is 0 Å². The molecule has 1 aromatic heterocycles. The molecule has 0 bridgehead atoms. The van der Waals surface area contributed by atoms with Gasteiger partial charge in [0.15, 0.2) is 5.16 Å². The second kappa shape index (κ2) is 8.88. The topological polar surface area (TPSA) is 69.0 Å². The molecule has 1 N–H and O–H groups in total. The van der Waals surface area contributed by atoms with Crippen LogP contribution in [0.3, 0.4) is 0 Å². The highest BCUT2D eigenvalue weighted by Gasteiger charge is 2.21. The predicted octanol–water partition coefficient (Wildman–Crippen LogP) is 3.77. The molecule has 28 heavy (non-hydrogen) atoms. The second-order valence-electron chi connectivity index (χ2n) is 6.20. The van der Waals surface area contributed by atoms with E-state index in [2.05, 4.69) is 15.5 Å². The van der Waals surface area contributed by atoms with Crippen LogP contribution in [-0.4, -0.2) is 33.0 Å². The Balaban J connectivity index is 1.70. The van der Waals surface area contributed by atoms with Crippen LogP contribution in [0.25, 0.3) is 5.69 Å². The van der Waals surface area contributed by atoms with E-state index < -0.39 is 5.25 Å². The number of halogens is 1. The number of methoxy groups -OCH3 is 1. The number of ether oxygens (including phenoxy) is 1. The van der Waals surface area contributed by atoms with Crippen LogP contribution in [0.15, 0.2) is 60.0 Å². The minimum atomic E-state index is -0.402. The third-order valence-electron chi connectivity index (χ3n) is 4.24. The molecular weight excluding hydrogens is 379 g/mol. The van der Waals surface area contributed by atoms with E-state index in [0.717, 1.165) is 11.3 Å². The summed E-state index contributed by atoms with van der Waals surface area (Å²) in [5.41, 5.74) is 1.63. The van der Waals surface area contributed by atoms with E-state index in [4.69, 9.17) is 4.74 Å². The fourth-order valence-corrected chi connectivity index (χ4v) is 3.52. The average Bonchev–Trinajstić information content (AvgIpc) is 3.16. The summed E-state index contributed by atoms with van der Waals surface area (Å²) in [7, 11) is 1.60. The number of para-hydroxylation sites is 2. The van der Waals surface area contributed by atoms with Gasteiger partial charge in [0.25, 0.3) is 0 Å². The maximum absolute atomic E-state index is 13.1. The lowest BCUT2D eigenvalue weighted by Gasteiger charge is -2.18. The molecule has 0 saturated carbocycles. The zero-order valence-electron chi connectivity index (χ0n) is 15.8. The number of carbonyl (C=O) groups excluding carboxylic acids is 1. The lowest BCUT2D eigenvalue weighted by molar-refractivity contribution is -0.120. The van der Waals surface area contributed by atoms with Gasteiger partial charge in [0, 0.05) is 0 Å². The fraction of sp³-hybridized carbons (Fsp3) is 0.250. The van der Waals surface area contributed by atoms with E-state index in [9.17, 15) is 9.18 Å². The lowest BCUT2D eigenvalue weighted by atomic mass is 10.1. The van der Waals surface area contributed by atoms with E-state index in [1.165, 1.54) is 23.9 Å². The van der Waals surface area contributed by atoms with Gasteiger partial charge in [0.1, 0.15) is 17.9 Å². The Hall–Kier alpha value is -2.87. The Bertz CT molecular complexity index is 945. The van der Waals surface area contributed by atoms with E-state index >= 15 is 0 Å². The Morgan fingerprint density at radius 1 is 1.18 bits per heavy atom. The highest BCUT2D eigenvalue weighted by molar-refractivity contribution is 8.00. The van der Waals surface area contributed by atoms with Crippen molar-refractivity contribution in [2.75, 3.05) is 7.11 Å². The van der Waals surface area contributed by atoms with Gasteiger partial charge in [0.2, 0.25) is 5.91 Å². The summed E-state index contributed by atoms with van der Waals surface area (Å²) in [6.45, 7) is 3.67. The van der Waals surface area contributed by atoms with Gasteiger partial charge in [-0.05, 0) is 43.7 Å². The maximum Gasteiger partial charge on any atom is 0.233 e. The summed E-state index contributed by atoms with van der Waals surface area (Å²) in [5, 5.41) is 11.2. The predicted molar refractivity (Wildman–Crippen MR) is 106 cm³/mol. The number of hydrogen-bond acceptors (Lipinski definition) is 5. The molecule has 146 valence electrons. The van der Waals surface area contributed by atoms with Crippen molar-refractivity contribution in [2.24, 2.45) is 0 Å². The summed E-state index contributed by atoms with van der Waals surface area (Å²) in [5.74, 6) is 0.240. The molecule has 0 aliphatic rings. The van der Waals surface area contributed by atoms with Gasteiger partial charge in [-0.1, -0.05) is 36.0 Å². The summed E-state index contributed by atoms with van der Waals surface area (Å²) >= 11 is 1.30. The standard InChI is InChI=1S/C20H21FN4O2S/c1-13(15-8-10-16(21)11-9-15)23-19(26)14(2)28-20-24-22-12-25(20)17-6-4-5-7-18(17)27-3/h4-14H,1-3H3,(H,23,26)/t13-,14+/m0/s1. The molecule has 0 radical (unpaired) electrons. The highest BCUT2D eigenvalue weighted by atomic mass is 32.2. The number of hydrogen-bond donors (Lipinski definition) is 1. The molecule has 8 heteroatoms. The Morgan fingerprint density at radius 2 is 1.89 bits per heavy atom. The highest BCUT2D eigenvalue weighted by Crippen LogP contribution is 2.29. The van der Waals surface area contributed by atoms with Crippen LogP contribution in [0.1, 0.15) is 25.5 Å². The number of rotatable bonds is 7. The van der Waals surface area contributed by atoms with Gasteiger partial charge >= 0.3 is 0 Å². The number of carbonyl (C=O) groups is 1. The molecule has 2 aromatic carbocycles. The Labute approximate surface area is 167 Å². The van der Waals surface area contributed by atoms with Gasteiger partial charge in [0.05, 0.1) is 24.1 Å². The molecule has 0 aliphatic carbocycles. The fourth-order valence-electron chi connectivity index (χ4n) is 2.68. The molecule has 0 fully saturated rings. The number of nitrogens with one attached hydrogen (secondary N) is 1. The molecule has 0 unspecified atom stereocenters. The molecular formula is C20H21FN4O2S. The van der Waals surface area contributed by atoms with Crippen LogP contribution in [0.2, 0.25) is 0 Å². The second-order valence-corrected chi connectivity index (χ2v) is 7.51. The normalized spacial score (nSPS) is 13.0. The van der Waals surface area contributed by atoms with Crippen molar-refractivity contribution < 1.29 is 13.9 Å². The first-order valence-electron chi connectivity index (χ1n) is 8.75. The van der Waals surface area contributed by atoms with Gasteiger partial charge in [-0.15, -0.1) is 10.2 Å².